The van der Waals surface area contributed by atoms with Crippen LogP contribution in [0.5, 0.6) is 0 Å². The molecule has 1 aromatic rings. The zero-order valence-corrected chi connectivity index (χ0v) is 12.4. The average molecular weight is 349 g/mol. The molecule has 1 fully saturated rings. The van der Waals surface area contributed by atoms with Gasteiger partial charge in [-0.15, -0.1) is 11.3 Å². The molecule has 1 aliphatic carbocycles. The first-order chi connectivity index (χ1) is 7.68. The normalized spacial score (nSPS) is 17.4. The predicted octanol–water partition coefficient (Wildman–Crippen LogP) is 3.76. The summed E-state index contributed by atoms with van der Waals surface area (Å²) in [5.74, 6) is 0.186. The molecule has 0 N–H and O–H groups in total. The van der Waals surface area contributed by atoms with Gasteiger partial charge in [0.1, 0.15) is 0 Å². The highest BCUT2D eigenvalue weighted by atomic mass is 127. The third-order valence-corrected chi connectivity index (χ3v) is 5.05. The van der Waals surface area contributed by atoms with Crippen molar-refractivity contribution >= 4 is 39.8 Å². The Labute approximate surface area is 114 Å². The molecule has 1 saturated carbocycles. The van der Waals surface area contributed by atoms with Gasteiger partial charge in [0.25, 0.3) is 5.91 Å². The van der Waals surface area contributed by atoms with E-state index < -0.39 is 0 Å². The summed E-state index contributed by atoms with van der Waals surface area (Å²) in [5.41, 5.74) is 0.850. The second-order valence-electron chi connectivity index (χ2n) is 4.35. The van der Waals surface area contributed by atoms with Gasteiger partial charge in [-0.3, -0.25) is 4.79 Å². The maximum Gasteiger partial charge on any atom is 0.254 e. The fourth-order valence-corrected chi connectivity index (χ4v) is 3.58. The molecule has 0 atom stereocenters. The number of carbonyl (C=O) groups is 1. The molecule has 88 valence electrons. The van der Waals surface area contributed by atoms with Crippen molar-refractivity contribution < 1.29 is 4.79 Å². The van der Waals surface area contributed by atoms with Gasteiger partial charge >= 0.3 is 0 Å². The van der Waals surface area contributed by atoms with Crippen LogP contribution in [-0.2, 0) is 0 Å². The summed E-state index contributed by atoms with van der Waals surface area (Å²) in [7, 11) is 1.95. The average Bonchev–Trinajstić information content (AvgIpc) is 2.75. The molecule has 0 unspecified atom stereocenters. The van der Waals surface area contributed by atoms with Gasteiger partial charge in [0.15, 0.2) is 0 Å². The molecule has 1 amide bonds. The quantitative estimate of drug-likeness (QED) is 0.745. The fourth-order valence-electron chi connectivity index (χ4n) is 2.26. The lowest BCUT2D eigenvalue weighted by Crippen LogP contribution is -2.38. The Morgan fingerprint density at radius 3 is 2.69 bits per heavy atom. The van der Waals surface area contributed by atoms with Gasteiger partial charge in [0, 0.05) is 18.5 Å². The van der Waals surface area contributed by atoms with Crippen molar-refractivity contribution in [2.24, 2.45) is 0 Å². The zero-order valence-electron chi connectivity index (χ0n) is 9.41. The van der Waals surface area contributed by atoms with Crippen LogP contribution < -0.4 is 0 Å². The highest BCUT2D eigenvalue weighted by Crippen LogP contribution is 2.24. The van der Waals surface area contributed by atoms with Crippen molar-refractivity contribution in [2.45, 2.75) is 38.1 Å². The number of hydrogen-bond acceptors (Lipinski definition) is 2. The molecule has 0 aromatic carbocycles. The number of halogens is 1. The van der Waals surface area contributed by atoms with E-state index in [9.17, 15) is 4.79 Å². The molecular formula is C12H16INOS. The minimum Gasteiger partial charge on any atom is -0.339 e. The van der Waals surface area contributed by atoms with E-state index in [4.69, 9.17) is 0 Å². The second-order valence-corrected chi connectivity index (χ2v) is 7.15. The zero-order chi connectivity index (χ0) is 11.5. The Morgan fingerprint density at radius 1 is 1.44 bits per heavy atom. The maximum absolute atomic E-state index is 12.2. The summed E-state index contributed by atoms with van der Waals surface area (Å²) >= 11 is 3.90. The molecule has 2 rings (SSSR count). The smallest absolute Gasteiger partial charge is 0.254 e. The van der Waals surface area contributed by atoms with Crippen LogP contribution in [0.4, 0.5) is 0 Å². The summed E-state index contributed by atoms with van der Waals surface area (Å²) in [5, 5.41) is 1.96. The first-order valence-corrected chi connectivity index (χ1v) is 7.65. The fraction of sp³-hybridized carbons (Fsp3) is 0.583. The lowest BCUT2D eigenvalue weighted by molar-refractivity contribution is 0.0697. The van der Waals surface area contributed by atoms with Gasteiger partial charge in [-0.25, -0.2) is 0 Å². The van der Waals surface area contributed by atoms with Gasteiger partial charge in [-0.05, 0) is 41.5 Å². The molecule has 0 bridgehead atoms. The second kappa shape index (κ2) is 5.49. The van der Waals surface area contributed by atoms with Crippen LogP contribution in [0.3, 0.4) is 0 Å². The number of carbonyl (C=O) groups excluding carboxylic acids is 1. The van der Waals surface area contributed by atoms with Crippen molar-refractivity contribution in [3.63, 3.8) is 0 Å². The summed E-state index contributed by atoms with van der Waals surface area (Å²) in [4.78, 5) is 14.1. The van der Waals surface area contributed by atoms with E-state index in [-0.39, 0.29) is 5.91 Å². The van der Waals surface area contributed by atoms with Gasteiger partial charge in [-0.2, -0.15) is 0 Å². The maximum atomic E-state index is 12.2. The molecule has 0 saturated heterocycles. The van der Waals surface area contributed by atoms with Crippen LogP contribution in [0, 0.1) is 2.88 Å². The van der Waals surface area contributed by atoms with E-state index >= 15 is 0 Å². The predicted molar refractivity (Wildman–Crippen MR) is 76.0 cm³/mol. The molecule has 0 aliphatic heterocycles. The Balaban J connectivity index is 2.03. The van der Waals surface area contributed by atoms with Crippen LogP contribution in [0.1, 0.15) is 42.5 Å². The summed E-state index contributed by atoms with van der Waals surface area (Å²) in [6.07, 6.45) is 6.20. The minimum absolute atomic E-state index is 0.186. The molecule has 0 radical (unpaired) electrons. The van der Waals surface area contributed by atoms with E-state index in [1.165, 1.54) is 35.0 Å². The Bertz CT molecular complexity index is 371. The van der Waals surface area contributed by atoms with Gasteiger partial charge in [0.05, 0.1) is 8.45 Å². The van der Waals surface area contributed by atoms with Crippen LogP contribution in [0.15, 0.2) is 11.4 Å². The minimum atomic E-state index is 0.186. The van der Waals surface area contributed by atoms with Crippen molar-refractivity contribution in [1.82, 2.24) is 4.90 Å². The van der Waals surface area contributed by atoms with Crippen molar-refractivity contribution in [2.75, 3.05) is 7.05 Å². The first kappa shape index (κ1) is 12.4. The largest absolute Gasteiger partial charge is 0.339 e. The number of amides is 1. The van der Waals surface area contributed by atoms with Crippen molar-refractivity contribution in [3.05, 3.63) is 19.9 Å². The standard InChI is InChI=1S/C12H16INOS/c1-14(10-5-3-2-4-6-10)12(15)9-7-11(13)16-8-9/h7-8,10H,2-6H2,1H3. The Kier molecular flexibility index (Phi) is 4.24. The van der Waals surface area contributed by atoms with Gasteiger partial charge in [0.2, 0.25) is 0 Å². The molecule has 1 aromatic heterocycles. The van der Waals surface area contributed by atoms with E-state index in [0.717, 1.165) is 5.56 Å². The Hall–Kier alpha value is -0.100. The van der Waals surface area contributed by atoms with E-state index in [2.05, 4.69) is 22.6 Å². The monoisotopic (exact) mass is 349 g/mol. The highest BCUT2D eigenvalue weighted by molar-refractivity contribution is 14.1. The lowest BCUT2D eigenvalue weighted by Gasteiger charge is -2.31. The number of thiophene rings is 1. The van der Waals surface area contributed by atoms with Crippen LogP contribution in [0.2, 0.25) is 0 Å². The number of hydrogen-bond donors (Lipinski definition) is 0. The first-order valence-electron chi connectivity index (χ1n) is 5.69. The number of rotatable bonds is 2. The molecule has 1 aliphatic rings. The summed E-state index contributed by atoms with van der Waals surface area (Å²) < 4.78 is 1.18. The lowest BCUT2D eigenvalue weighted by atomic mass is 9.94. The van der Waals surface area contributed by atoms with Crippen molar-refractivity contribution in [1.29, 1.82) is 0 Å². The van der Waals surface area contributed by atoms with E-state index in [1.54, 1.807) is 11.3 Å². The van der Waals surface area contributed by atoms with Crippen LogP contribution in [-0.4, -0.2) is 23.9 Å². The molecule has 16 heavy (non-hydrogen) atoms. The van der Waals surface area contributed by atoms with E-state index in [1.807, 2.05) is 23.4 Å². The SMILES string of the molecule is CN(C(=O)c1csc(I)c1)C1CCCCC1. The number of nitrogens with zero attached hydrogens (tertiary/aromatic N) is 1. The third kappa shape index (κ3) is 2.77. The van der Waals surface area contributed by atoms with Crippen LogP contribution >= 0.6 is 33.9 Å². The Morgan fingerprint density at radius 2 is 2.12 bits per heavy atom. The molecule has 2 nitrogen and oxygen atoms in total. The topological polar surface area (TPSA) is 20.3 Å². The molecular weight excluding hydrogens is 333 g/mol. The summed E-state index contributed by atoms with van der Waals surface area (Å²) in [6.45, 7) is 0. The molecule has 1 heterocycles. The van der Waals surface area contributed by atoms with Crippen LogP contribution in [0.25, 0.3) is 0 Å². The van der Waals surface area contributed by atoms with E-state index in [0.29, 0.717) is 6.04 Å². The van der Waals surface area contributed by atoms with Crippen molar-refractivity contribution in [3.8, 4) is 0 Å². The highest BCUT2D eigenvalue weighted by Gasteiger charge is 2.23. The van der Waals surface area contributed by atoms with Gasteiger partial charge in [-0.1, -0.05) is 19.3 Å². The summed E-state index contributed by atoms with van der Waals surface area (Å²) in [6, 6.07) is 2.44. The third-order valence-electron chi connectivity index (χ3n) is 3.26. The van der Waals surface area contributed by atoms with Gasteiger partial charge < -0.3 is 4.90 Å². The molecule has 0 spiro atoms. The molecule has 4 heteroatoms.